The van der Waals surface area contributed by atoms with E-state index in [-0.39, 0.29) is 30.5 Å². The Morgan fingerprint density at radius 3 is 2.23 bits per heavy atom. The molecule has 5 N–H and O–H groups in total. The Morgan fingerprint density at radius 1 is 1.07 bits per heavy atom. The molecule has 0 saturated carbocycles. The van der Waals surface area contributed by atoms with Crippen molar-refractivity contribution in [2.45, 2.75) is 64.3 Å². The Hall–Kier alpha value is -3.81. The van der Waals surface area contributed by atoms with E-state index in [1.54, 1.807) is 0 Å². The Balaban J connectivity index is 2.11. The van der Waals surface area contributed by atoms with Gasteiger partial charge in [-0.2, -0.15) is 13.2 Å². The number of carbonyl (C=O) groups excluding carboxylic acids is 5. The molecular weight excluding hydrogens is 537 g/mol. The molecule has 1 saturated heterocycles. The molecule has 4 atom stereocenters. The summed E-state index contributed by atoms with van der Waals surface area (Å²) in [6.07, 6.45) is -4.88. The molecule has 1 aliphatic rings. The van der Waals surface area contributed by atoms with Gasteiger partial charge in [0.1, 0.15) is 12.6 Å². The molecule has 1 fully saturated rings. The number of carboxylic acids is 1. The molecule has 1 aliphatic heterocycles. The van der Waals surface area contributed by atoms with Crippen LogP contribution in [0.5, 0.6) is 0 Å². The van der Waals surface area contributed by atoms with E-state index in [0.29, 0.717) is 6.42 Å². The molecular formula is C26H33F3N4O7. The summed E-state index contributed by atoms with van der Waals surface area (Å²) in [5, 5.41) is 13.1. The number of aliphatic carboxylic acids is 1. The van der Waals surface area contributed by atoms with Crippen LogP contribution in [0.4, 0.5) is 13.2 Å². The summed E-state index contributed by atoms with van der Waals surface area (Å²) in [6, 6.07) is 1.52. The van der Waals surface area contributed by atoms with Crippen molar-refractivity contribution >= 4 is 35.3 Å². The van der Waals surface area contributed by atoms with Gasteiger partial charge in [0.15, 0.2) is 5.78 Å². The molecule has 0 aliphatic carbocycles. The number of ketones is 2. The number of benzene rings is 1. The molecule has 1 aromatic rings. The molecule has 0 aromatic heterocycles. The number of carbonyl (C=O) groups is 6. The maximum atomic E-state index is 13.2. The second-order valence-corrected chi connectivity index (χ2v) is 10.0. The van der Waals surface area contributed by atoms with Crippen molar-refractivity contribution in [1.29, 1.82) is 0 Å². The van der Waals surface area contributed by atoms with Gasteiger partial charge in [-0.15, -0.1) is 0 Å². The lowest BCUT2D eigenvalue weighted by Gasteiger charge is -2.30. The zero-order valence-corrected chi connectivity index (χ0v) is 22.3. The van der Waals surface area contributed by atoms with Crippen LogP contribution in [0.3, 0.4) is 0 Å². The SMILES string of the molecule is CC(C)C(NC(=O)[C@@H]1CCCN1C(=O)[C@@H](N)C(C)CC(=O)c1ccccc1C(=O)NCC(=O)O)C(=O)C(F)(F)F. The van der Waals surface area contributed by atoms with Crippen LogP contribution in [0.2, 0.25) is 0 Å². The van der Waals surface area contributed by atoms with E-state index in [4.69, 9.17) is 10.8 Å². The summed E-state index contributed by atoms with van der Waals surface area (Å²) in [4.78, 5) is 75.1. The van der Waals surface area contributed by atoms with Crippen LogP contribution in [0.25, 0.3) is 0 Å². The maximum Gasteiger partial charge on any atom is 0.452 e. The number of nitrogens with two attached hydrogens (primary N) is 1. The zero-order chi connectivity index (χ0) is 30.4. The molecule has 40 heavy (non-hydrogen) atoms. The third-order valence-electron chi connectivity index (χ3n) is 6.64. The molecule has 220 valence electrons. The van der Waals surface area contributed by atoms with Crippen LogP contribution < -0.4 is 16.4 Å². The average Bonchev–Trinajstić information content (AvgIpc) is 3.38. The van der Waals surface area contributed by atoms with Gasteiger partial charge in [0, 0.05) is 18.5 Å². The predicted molar refractivity (Wildman–Crippen MR) is 135 cm³/mol. The van der Waals surface area contributed by atoms with Crippen molar-refractivity contribution in [3.05, 3.63) is 35.4 Å². The molecule has 0 bridgehead atoms. The van der Waals surface area contributed by atoms with Gasteiger partial charge in [-0.25, -0.2) is 0 Å². The number of rotatable bonds is 12. The minimum atomic E-state index is -5.15. The monoisotopic (exact) mass is 570 g/mol. The summed E-state index contributed by atoms with van der Waals surface area (Å²) in [7, 11) is 0. The topological polar surface area (TPSA) is 176 Å². The molecule has 0 radical (unpaired) electrons. The van der Waals surface area contributed by atoms with Crippen molar-refractivity contribution < 1.29 is 47.0 Å². The maximum absolute atomic E-state index is 13.2. The van der Waals surface area contributed by atoms with Crippen LogP contribution in [0.15, 0.2) is 24.3 Å². The van der Waals surface area contributed by atoms with Gasteiger partial charge in [-0.1, -0.05) is 39.0 Å². The number of nitrogens with one attached hydrogen (secondary N) is 2. The second kappa shape index (κ2) is 13.5. The molecule has 11 nitrogen and oxygen atoms in total. The summed E-state index contributed by atoms with van der Waals surface area (Å²) < 4.78 is 39.0. The normalized spacial score (nSPS) is 17.6. The zero-order valence-electron chi connectivity index (χ0n) is 22.3. The van der Waals surface area contributed by atoms with Crippen LogP contribution in [0.1, 0.15) is 60.7 Å². The average molecular weight is 571 g/mol. The van der Waals surface area contributed by atoms with E-state index in [1.807, 2.05) is 0 Å². The lowest BCUT2D eigenvalue weighted by molar-refractivity contribution is -0.175. The highest BCUT2D eigenvalue weighted by atomic mass is 19.4. The number of nitrogens with zero attached hydrogens (tertiary/aromatic N) is 1. The van der Waals surface area contributed by atoms with Crippen LogP contribution >= 0.6 is 0 Å². The van der Waals surface area contributed by atoms with Crippen LogP contribution in [0, 0.1) is 11.8 Å². The van der Waals surface area contributed by atoms with Crippen molar-refractivity contribution in [2.24, 2.45) is 17.6 Å². The summed E-state index contributed by atoms with van der Waals surface area (Å²) >= 11 is 0. The summed E-state index contributed by atoms with van der Waals surface area (Å²) in [5.74, 6) is -7.87. The second-order valence-electron chi connectivity index (χ2n) is 10.0. The first-order valence-electron chi connectivity index (χ1n) is 12.7. The predicted octanol–water partition coefficient (Wildman–Crippen LogP) is 1.30. The standard InChI is InChI=1S/C26H33F3N4O7/c1-13(2)21(22(37)26(27,28)29)32-24(39)17-9-6-10-33(17)25(40)20(30)14(3)11-18(34)15-7-4-5-8-16(15)23(38)31-12-19(35)36/h4-5,7-8,13-14,17,20-21H,6,9-12,30H2,1-3H3,(H,31,38)(H,32,39)(H,35,36)/t14?,17-,20-,21?/m0/s1. The molecule has 14 heteroatoms. The Morgan fingerprint density at radius 2 is 1.68 bits per heavy atom. The van der Waals surface area contributed by atoms with Crippen LogP contribution in [-0.2, 0) is 19.2 Å². The van der Waals surface area contributed by atoms with Gasteiger partial charge < -0.3 is 26.4 Å². The van der Waals surface area contributed by atoms with E-state index >= 15 is 0 Å². The Bertz CT molecular complexity index is 1160. The third kappa shape index (κ3) is 8.10. The number of alkyl halides is 3. The van der Waals surface area contributed by atoms with Gasteiger partial charge in [-0.05, 0) is 30.7 Å². The van der Waals surface area contributed by atoms with Crippen molar-refractivity contribution in [1.82, 2.24) is 15.5 Å². The molecule has 2 rings (SSSR count). The van der Waals surface area contributed by atoms with Gasteiger partial charge in [0.2, 0.25) is 11.8 Å². The smallest absolute Gasteiger partial charge is 0.452 e. The van der Waals surface area contributed by atoms with Crippen LogP contribution in [-0.4, -0.2) is 82.7 Å². The van der Waals surface area contributed by atoms with Gasteiger partial charge in [-0.3, -0.25) is 28.8 Å². The number of amides is 3. The van der Waals surface area contributed by atoms with E-state index < -0.39 is 77.9 Å². The van der Waals surface area contributed by atoms with Gasteiger partial charge in [0.05, 0.1) is 17.6 Å². The third-order valence-corrected chi connectivity index (χ3v) is 6.64. The van der Waals surface area contributed by atoms with E-state index in [9.17, 15) is 41.9 Å². The fourth-order valence-corrected chi connectivity index (χ4v) is 4.40. The number of likely N-dealkylation sites (tertiary alicyclic amines) is 1. The highest BCUT2D eigenvalue weighted by Gasteiger charge is 2.46. The Labute approximate surface area is 228 Å². The number of halogens is 3. The quantitative estimate of drug-likeness (QED) is 0.272. The number of hydrogen-bond acceptors (Lipinski definition) is 7. The van der Waals surface area contributed by atoms with Crippen molar-refractivity contribution in [2.75, 3.05) is 13.1 Å². The molecule has 3 amide bonds. The Kier molecular flexibility index (Phi) is 10.9. The lowest BCUT2D eigenvalue weighted by Crippen LogP contribution is -2.57. The number of Topliss-reactive ketones (excluding diaryl/α,β-unsaturated/α-hetero) is 2. The summed E-state index contributed by atoms with van der Waals surface area (Å²) in [6.45, 7) is 3.69. The van der Waals surface area contributed by atoms with Crippen molar-refractivity contribution in [3.63, 3.8) is 0 Å². The lowest BCUT2D eigenvalue weighted by atomic mass is 9.91. The minimum absolute atomic E-state index is 0.00405. The molecule has 2 unspecified atom stereocenters. The minimum Gasteiger partial charge on any atom is -0.480 e. The fraction of sp³-hybridized carbons (Fsp3) is 0.538. The van der Waals surface area contributed by atoms with E-state index in [0.717, 1.165) is 4.90 Å². The fourth-order valence-electron chi connectivity index (χ4n) is 4.40. The number of carboxylic acid groups (broad SMARTS) is 1. The largest absolute Gasteiger partial charge is 0.480 e. The molecule has 1 heterocycles. The first-order valence-corrected chi connectivity index (χ1v) is 12.7. The van der Waals surface area contributed by atoms with Gasteiger partial charge >= 0.3 is 12.1 Å². The highest BCUT2D eigenvalue weighted by Crippen LogP contribution is 2.25. The van der Waals surface area contributed by atoms with E-state index in [2.05, 4.69) is 10.6 Å². The highest BCUT2D eigenvalue weighted by molar-refractivity contribution is 6.08. The number of hydrogen-bond donors (Lipinski definition) is 4. The van der Waals surface area contributed by atoms with E-state index in [1.165, 1.54) is 45.0 Å². The molecule has 1 aromatic carbocycles. The van der Waals surface area contributed by atoms with Gasteiger partial charge in [0.25, 0.3) is 11.7 Å². The first kappa shape index (κ1) is 32.4. The summed E-state index contributed by atoms with van der Waals surface area (Å²) in [5.41, 5.74) is 6.09. The molecule has 0 spiro atoms. The van der Waals surface area contributed by atoms with Crippen molar-refractivity contribution in [3.8, 4) is 0 Å². The first-order chi connectivity index (χ1) is 18.6.